The summed E-state index contributed by atoms with van der Waals surface area (Å²) in [5.74, 6) is -0.103. The summed E-state index contributed by atoms with van der Waals surface area (Å²) in [6.45, 7) is 8.42. The summed E-state index contributed by atoms with van der Waals surface area (Å²) in [5.41, 5.74) is 5.17. The van der Waals surface area contributed by atoms with Gasteiger partial charge in [-0.05, 0) is 67.8 Å². The molecule has 0 unspecified atom stereocenters. The second-order valence-corrected chi connectivity index (χ2v) is 10.8. The molecule has 2 aromatic heterocycles. The van der Waals surface area contributed by atoms with Crippen LogP contribution in [0.2, 0.25) is 0 Å². The van der Waals surface area contributed by atoms with E-state index in [0.29, 0.717) is 13.1 Å². The molecular formula is C22H27N3O3S2. The predicted molar refractivity (Wildman–Crippen MR) is 120 cm³/mol. The summed E-state index contributed by atoms with van der Waals surface area (Å²) in [5, 5.41) is 11.2. The second kappa shape index (κ2) is 9.14. The van der Waals surface area contributed by atoms with Gasteiger partial charge in [0.15, 0.2) is 9.84 Å². The Morgan fingerprint density at radius 3 is 2.47 bits per heavy atom. The van der Waals surface area contributed by atoms with Crippen molar-refractivity contribution in [1.82, 2.24) is 15.1 Å². The Hall–Kier alpha value is -2.45. The van der Waals surface area contributed by atoms with Crippen LogP contribution in [0.1, 0.15) is 30.8 Å². The number of thiophene rings is 1. The monoisotopic (exact) mass is 445 g/mol. The SMILES string of the molecule is Cc1nn(CCNC(=O)Cc2ccc(S(=O)(=O)C(C)C)cc2)c(C)c1-c1ccsc1. The van der Waals surface area contributed by atoms with Crippen LogP contribution in [0.25, 0.3) is 11.1 Å². The average Bonchev–Trinajstić information content (AvgIpc) is 3.30. The molecule has 0 aliphatic carbocycles. The molecule has 0 aliphatic heterocycles. The quantitative estimate of drug-likeness (QED) is 0.572. The molecule has 1 aromatic carbocycles. The van der Waals surface area contributed by atoms with Crippen molar-refractivity contribution < 1.29 is 13.2 Å². The van der Waals surface area contributed by atoms with Gasteiger partial charge in [0, 0.05) is 17.8 Å². The first kappa shape index (κ1) is 22.2. The number of benzene rings is 1. The molecule has 3 aromatic rings. The summed E-state index contributed by atoms with van der Waals surface area (Å²) < 4.78 is 26.3. The predicted octanol–water partition coefficient (Wildman–Crippen LogP) is 3.77. The minimum atomic E-state index is -3.30. The van der Waals surface area contributed by atoms with Gasteiger partial charge in [0.1, 0.15) is 0 Å². The highest BCUT2D eigenvalue weighted by Crippen LogP contribution is 2.28. The van der Waals surface area contributed by atoms with Crippen LogP contribution in [0.15, 0.2) is 46.0 Å². The number of hydrogen-bond donors (Lipinski definition) is 1. The molecule has 8 heteroatoms. The lowest BCUT2D eigenvalue weighted by Gasteiger charge is -2.09. The van der Waals surface area contributed by atoms with Crippen molar-refractivity contribution in [3.8, 4) is 11.1 Å². The lowest BCUT2D eigenvalue weighted by molar-refractivity contribution is -0.120. The number of hydrogen-bond acceptors (Lipinski definition) is 5. The lowest BCUT2D eigenvalue weighted by atomic mass is 10.1. The molecular weight excluding hydrogens is 418 g/mol. The fourth-order valence-electron chi connectivity index (χ4n) is 3.36. The van der Waals surface area contributed by atoms with Crippen LogP contribution >= 0.6 is 11.3 Å². The molecule has 3 rings (SSSR count). The number of carbonyl (C=O) groups is 1. The Morgan fingerprint density at radius 2 is 1.87 bits per heavy atom. The number of nitrogens with zero attached hydrogens (tertiary/aromatic N) is 2. The molecule has 0 saturated carbocycles. The van der Waals surface area contributed by atoms with Crippen molar-refractivity contribution in [1.29, 1.82) is 0 Å². The number of aryl methyl sites for hydroxylation is 1. The van der Waals surface area contributed by atoms with Crippen molar-refractivity contribution in [2.24, 2.45) is 0 Å². The third kappa shape index (κ3) is 4.82. The minimum absolute atomic E-state index is 0.103. The van der Waals surface area contributed by atoms with E-state index in [9.17, 15) is 13.2 Å². The molecule has 0 aliphatic rings. The van der Waals surface area contributed by atoms with E-state index in [1.807, 2.05) is 18.5 Å². The molecule has 0 saturated heterocycles. The molecule has 160 valence electrons. The first-order chi connectivity index (χ1) is 14.2. The van der Waals surface area contributed by atoms with Crippen LogP contribution in [0.4, 0.5) is 0 Å². The Balaban J connectivity index is 1.55. The van der Waals surface area contributed by atoms with Crippen molar-refractivity contribution in [3.63, 3.8) is 0 Å². The number of amides is 1. The summed E-state index contributed by atoms with van der Waals surface area (Å²) in [6, 6.07) is 8.62. The third-order valence-corrected chi connectivity index (χ3v) is 7.93. The number of sulfone groups is 1. The molecule has 0 spiro atoms. The minimum Gasteiger partial charge on any atom is -0.354 e. The van der Waals surface area contributed by atoms with E-state index < -0.39 is 15.1 Å². The number of aromatic nitrogens is 2. The molecule has 2 heterocycles. The normalized spacial score (nSPS) is 11.8. The molecule has 30 heavy (non-hydrogen) atoms. The maximum Gasteiger partial charge on any atom is 0.224 e. The van der Waals surface area contributed by atoms with Crippen LogP contribution in [0.3, 0.4) is 0 Å². The maximum atomic E-state index is 12.3. The van der Waals surface area contributed by atoms with E-state index in [2.05, 4.69) is 27.2 Å². The molecule has 0 atom stereocenters. The van der Waals surface area contributed by atoms with Gasteiger partial charge in [0.2, 0.25) is 5.91 Å². The van der Waals surface area contributed by atoms with Gasteiger partial charge in [0.05, 0.1) is 28.8 Å². The highest BCUT2D eigenvalue weighted by atomic mass is 32.2. The Morgan fingerprint density at radius 1 is 1.17 bits per heavy atom. The van der Waals surface area contributed by atoms with Gasteiger partial charge in [-0.2, -0.15) is 16.4 Å². The molecule has 1 amide bonds. The summed E-state index contributed by atoms with van der Waals surface area (Å²) in [6.07, 6.45) is 0.208. The highest BCUT2D eigenvalue weighted by molar-refractivity contribution is 7.92. The van der Waals surface area contributed by atoms with E-state index in [0.717, 1.165) is 22.5 Å². The number of nitrogens with one attached hydrogen (secondary N) is 1. The van der Waals surface area contributed by atoms with Gasteiger partial charge in [-0.1, -0.05) is 12.1 Å². The molecule has 0 fully saturated rings. The zero-order valence-corrected chi connectivity index (χ0v) is 19.3. The lowest BCUT2D eigenvalue weighted by Crippen LogP contribution is -2.29. The van der Waals surface area contributed by atoms with E-state index in [-0.39, 0.29) is 17.2 Å². The third-order valence-electron chi connectivity index (χ3n) is 5.07. The Labute approximate surface area is 181 Å². The zero-order chi connectivity index (χ0) is 21.9. The fraction of sp³-hybridized carbons (Fsp3) is 0.364. The maximum absolute atomic E-state index is 12.3. The first-order valence-corrected chi connectivity index (χ1v) is 12.3. The van der Waals surface area contributed by atoms with E-state index in [1.165, 1.54) is 5.56 Å². The number of carbonyl (C=O) groups excluding carboxylic acids is 1. The Bertz CT molecular complexity index is 1110. The highest BCUT2D eigenvalue weighted by Gasteiger charge is 2.19. The van der Waals surface area contributed by atoms with Crippen molar-refractivity contribution in [3.05, 3.63) is 58.0 Å². The van der Waals surface area contributed by atoms with Gasteiger partial charge in [0.25, 0.3) is 0 Å². The van der Waals surface area contributed by atoms with Crippen LogP contribution in [-0.4, -0.2) is 35.9 Å². The number of rotatable bonds is 8. The molecule has 0 radical (unpaired) electrons. The van der Waals surface area contributed by atoms with Crippen molar-refractivity contribution in [2.45, 2.75) is 50.8 Å². The summed E-state index contributed by atoms with van der Waals surface area (Å²) in [4.78, 5) is 12.6. The largest absolute Gasteiger partial charge is 0.354 e. The van der Waals surface area contributed by atoms with E-state index >= 15 is 0 Å². The van der Waals surface area contributed by atoms with Crippen LogP contribution < -0.4 is 5.32 Å². The Kier molecular flexibility index (Phi) is 6.77. The first-order valence-electron chi connectivity index (χ1n) is 9.86. The molecule has 1 N–H and O–H groups in total. The van der Waals surface area contributed by atoms with Gasteiger partial charge >= 0.3 is 0 Å². The van der Waals surface area contributed by atoms with E-state index in [4.69, 9.17) is 0 Å². The molecule has 6 nitrogen and oxygen atoms in total. The van der Waals surface area contributed by atoms with Crippen molar-refractivity contribution in [2.75, 3.05) is 6.54 Å². The standard InChI is InChI=1S/C22H27N3O3S2/c1-15(2)30(27,28)20-7-5-18(6-8-20)13-21(26)23-10-11-25-17(4)22(16(3)24-25)19-9-12-29-14-19/h5-9,12,14-15H,10-11,13H2,1-4H3,(H,23,26). The van der Waals surface area contributed by atoms with Gasteiger partial charge in [-0.3, -0.25) is 9.48 Å². The summed E-state index contributed by atoms with van der Waals surface area (Å²) in [7, 11) is -3.30. The average molecular weight is 446 g/mol. The van der Waals surface area contributed by atoms with Gasteiger partial charge in [-0.15, -0.1) is 0 Å². The van der Waals surface area contributed by atoms with Crippen molar-refractivity contribution >= 4 is 27.1 Å². The zero-order valence-electron chi connectivity index (χ0n) is 17.7. The van der Waals surface area contributed by atoms with Crippen LogP contribution in [-0.2, 0) is 27.6 Å². The molecule has 0 bridgehead atoms. The van der Waals surface area contributed by atoms with Gasteiger partial charge < -0.3 is 5.32 Å². The van der Waals surface area contributed by atoms with Crippen LogP contribution in [0.5, 0.6) is 0 Å². The smallest absolute Gasteiger partial charge is 0.224 e. The second-order valence-electron chi connectivity index (χ2n) is 7.55. The van der Waals surface area contributed by atoms with Crippen LogP contribution in [0, 0.1) is 13.8 Å². The van der Waals surface area contributed by atoms with Gasteiger partial charge in [-0.25, -0.2) is 8.42 Å². The fourth-order valence-corrected chi connectivity index (χ4v) is 5.06. The van der Waals surface area contributed by atoms with E-state index in [1.54, 1.807) is 49.4 Å². The summed E-state index contributed by atoms with van der Waals surface area (Å²) >= 11 is 1.66. The topological polar surface area (TPSA) is 81.1 Å².